The van der Waals surface area contributed by atoms with E-state index in [-0.39, 0.29) is 0 Å². The van der Waals surface area contributed by atoms with Gasteiger partial charge in [-0.05, 0) is 48.5 Å². The first-order valence-electron chi connectivity index (χ1n) is 15.4. The molecule has 10 rings (SSSR count). The van der Waals surface area contributed by atoms with Crippen LogP contribution in [0.4, 0.5) is 0 Å². The Bertz CT molecular complexity index is 2860. The van der Waals surface area contributed by atoms with Gasteiger partial charge >= 0.3 is 0 Å². The van der Waals surface area contributed by atoms with E-state index in [4.69, 9.17) is 0 Å². The highest BCUT2D eigenvalue weighted by atomic mass is 32.1. The molecule has 0 saturated carbocycles. The molecule has 0 atom stereocenters. The summed E-state index contributed by atoms with van der Waals surface area (Å²) in [7, 11) is 0. The fourth-order valence-corrected chi connectivity index (χ4v) is 8.69. The van der Waals surface area contributed by atoms with Crippen LogP contribution in [0.15, 0.2) is 146 Å². The van der Waals surface area contributed by atoms with Gasteiger partial charge in [0.1, 0.15) is 11.6 Å². The standard InChI is InChI=1S/C41H24N4S/c42-25-31-35(22-12-23-36(31)45-34-21-10-6-17-29(34)41-40(45)30-18-7-11-24-37(30)46-41)44-33-20-9-5-16-28(33)38-39(44)27-15-4-8-19-32(27)43(38)26-13-2-1-3-14-26/h1-24H. The number of aromatic nitrogens is 3. The van der Waals surface area contributed by atoms with Gasteiger partial charge in [0, 0.05) is 31.9 Å². The lowest BCUT2D eigenvalue weighted by molar-refractivity contribution is 1.12. The van der Waals surface area contributed by atoms with Gasteiger partial charge in [-0.1, -0.05) is 97.1 Å². The van der Waals surface area contributed by atoms with E-state index >= 15 is 0 Å². The third-order valence-corrected chi connectivity index (χ3v) is 10.5. The Morgan fingerprint density at radius 1 is 0.435 bits per heavy atom. The van der Waals surface area contributed by atoms with Gasteiger partial charge in [0.25, 0.3) is 0 Å². The zero-order valence-corrected chi connectivity index (χ0v) is 25.4. The molecule has 0 fully saturated rings. The molecule has 4 heterocycles. The largest absolute Gasteiger partial charge is 0.307 e. The predicted octanol–water partition coefficient (Wildman–Crippen LogP) is 10.9. The summed E-state index contributed by atoms with van der Waals surface area (Å²) < 4.78 is 9.46. The summed E-state index contributed by atoms with van der Waals surface area (Å²) in [5, 5.41) is 15.8. The molecule has 10 aromatic rings. The highest BCUT2D eigenvalue weighted by molar-refractivity contribution is 7.26. The van der Waals surface area contributed by atoms with Gasteiger partial charge in [0.2, 0.25) is 0 Å². The van der Waals surface area contributed by atoms with Crippen LogP contribution in [0, 0.1) is 11.3 Å². The number of thiophene rings is 1. The van der Waals surface area contributed by atoms with Crippen molar-refractivity contribution in [1.29, 1.82) is 5.26 Å². The van der Waals surface area contributed by atoms with Crippen molar-refractivity contribution in [2.45, 2.75) is 0 Å². The zero-order chi connectivity index (χ0) is 30.4. The second-order valence-corrected chi connectivity index (χ2v) is 12.7. The van der Waals surface area contributed by atoms with Gasteiger partial charge in [-0.15, -0.1) is 11.3 Å². The van der Waals surface area contributed by atoms with Crippen molar-refractivity contribution < 1.29 is 0 Å². The lowest BCUT2D eigenvalue weighted by Crippen LogP contribution is -2.03. The van der Waals surface area contributed by atoms with Crippen molar-refractivity contribution in [3.05, 3.63) is 151 Å². The van der Waals surface area contributed by atoms with E-state index in [9.17, 15) is 5.26 Å². The topological polar surface area (TPSA) is 38.6 Å². The van der Waals surface area contributed by atoms with Crippen molar-refractivity contribution in [2.24, 2.45) is 0 Å². The van der Waals surface area contributed by atoms with Gasteiger partial charge in [0.15, 0.2) is 0 Å². The molecular weight excluding hydrogens is 581 g/mol. The first kappa shape index (κ1) is 25.3. The molecule has 0 N–H and O–H groups in total. The van der Waals surface area contributed by atoms with Crippen LogP contribution in [0.5, 0.6) is 0 Å². The highest BCUT2D eigenvalue weighted by Crippen LogP contribution is 2.45. The third-order valence-electron chi connectivity index (χ3n) is 9.28. The summed E-state index contributed by atoms with van der Waals surface area (Å²) in [6.07, 6.45) is 0. The lowest BCUT2D eigenvalue weighted by atomic mass is 10.1. The minimum absolute atomic E-state index is 0.639. The lowest BCUT2D eigenvalue weighted by Gasteiger charge is -2.15. The van der Waals surface area contributed by atoms with E-state index in [1.807, 2.05) is 11.3 Å². The van der Waals surface area contributed by atoms with Crippen LogP contribution >= 0.6 is 11.3 Å². The van der Waals surface area contributed by atoms with E-state index in [1.54, 1.807) is 0 Å². The maximum atomic E-state index is 11.1. The van der Waals surface area contributed by atoms with Crippen LogP contribution < -0.4 is 0 Å². The molecule has 5 heteroatoms. The van der Waals surface area contributed by atoms with E-state index in [0.717, 1.165) is 60.9 Å². The minimum Gasteiger partial charge on any atom is -0.307 e. The number of benzene rings is 6. The van der Waals surface area contributed by atoms with E-state index in [1.165, 1.54) is 20.2 Å². The van der Waals surface area contributed by atoms with Crippen LogP contribution in [0.3, 0.4) is 0 Å². The number of hydrogen-bond donors (Lipinski definition) is 0. The summed E-state index contributed by atoms with van der Waals surface area (Å²) in [6.45, 7) is 0. The molecule has 6 aromatic carbocycles. The normalized spacial score (nSPS) is 11.9. The van der Waals surface area contributed by atoms with Crippen molar-refractivity contribution in [3.63, 3.8) is 0 Å². The average molecular weight is 605 g/mol. The molecule has 4 nitrogen and oxygen atoms in total. The molecule has 4 aromatic heterocycles. The third kappa shape index (κ3) is 3.26. The number of hydrogen-bond acceptors (Lipinski definition) is 2. The van der Waals surface area contributed by atoms with Gasteiger partial charge < -0.3 is 13.7 Å². The van der Waals surface area contributed by atoms with Crippen LogP contribution in [0.2, 0.25) is 0 Å². The molecule has 0 amide bonds. The van der Waals surface area contributed by atoms with Crippen molar-refractivity contribution >= 4 is 75.4 Å². The molecule has 0 unspecified atom stereocenters. The number of nitrogens with zero attached hydrogens (tertiary/aromatic N) is 4. The Kier molecular flexibility index (Phi) is 5.19. The Balaban J connectivity index is 1.37. The predicted molar refractivity (Wildman–Crippen MR) is 192 cm³/mol. The summed E-state index contributed by atoms with van der Waals surface area (Å²) >= 11 is 1.82. The molecule has 0 saturated heterocycles. The Morgan fingerprint density at radius 2 is 0.935 bits per heavy atom. The fraction of sp³-hybridized carbons (Fsp3) is 0. The molecule has 0 aliphatic carbocycles. The first-order chi connectivity index (χ1) is 22.8. The molecule has 46 heavy (non-hydrogen) atoms. The summed E-state index contributed by atoms with van der Waals surface area (Å²) in [4.78, 5) is 0. The second-order valence-electron chi connectivity index (χ2n) is 11.6. The smallest absolute Gasteiger partial charge is 0.104 e. The Hall–Kier alpha value is -6.09. The number of rotatable bonds is 3. The first-order valence-corrected chi connectivity index (χ1v) is 16.2. The Labute approximate surface area is 267 Å². The molecule has 0 aliphatic heterocycles. The van der Waals surface area contributed by atoms with Gasteiger partial charge in [-0.2, -0.15) is 5.26 Å². The van der Waals surface area contributed by atoms with Crippen molar-refractivity contribution in [2.75, 3.05) is 0 Å². The molecule has 0 bridgehead atoms. The number of para-hydroxylation sites is 4. The summed E-state index contributed by atoms with van der Waals surface area (Å²) in [5.41, 5.74) is 10.2. The van der Waals surface area contributed by atoms with Gasteiger partial charge in [-0.3, -0.25) is 0 Å². The average Bonchev–Trinajstić information content (AvgIpc) is 3.84. The maximum Gasteiger partial charge on any atom is 0.104 e. The van der Waals surface area contributed by atoms with Crippen LogP contribution in [-0.4, -0.2) is 13.7 Å². The van der Waals surface area contributed by atoms with E-state index in [0.29, 0.717) is 5.56 Å². The summed E-state index contributed by atoms with van der Waals surface area (Å²) in [6, 6.07) is 53.8. The van der Waals surface area contributed by atoms with Gasteiger partial charge in [-0.25, -0.2) is 0 Å². The monoisotopic (exact) mass is 604 g/mol. The number of nitriles is 1. The quantitative estimate of drug-likeness (QED) is 0.198. The molecular formula is C41H24N4S. The second kappa shape index (κ2) is 9.45. The summed E-state index contributed by atoms with van der Waals surface area (Å²) in [5.74, 6) is 0. The van der Waals surface area contributed by atoms with Crippen LogP contribution in [0.1, 0.15) is 5.56 Å². The zero-order valence-electron chi connectivity index (χ0n) is 24.6. The maximum absolute atomic E-state index is 11.1. The SMILES string of the molecule is N#Cc1c(-n2c3ccccc3c3sc4ccccc4c32)cccc1-n1c2ccccc2c2c1c1ccccc1n2-c1ccccc1. The minimum atomic E-state index is 0.639. The number of fused-ring (bicyclic) bond motifs is 10. The van der Waals surface area contributed by atoms with Crippen molar-refractivity contribution in [3.8, 4) is 23.1 Å². The van der Waals surface area contributed by atoms with E-state index < -0.39 is 0 Å². The fourth-order valence-electron chi connectivity index (χ4n) is 7.47. The molecule has 0 aliphatic rings. The molecule has 0 radical (unpaired) electrons. The Morgan fingerprint density at radius 3 is 1.61 bits per heavy atom. The van der Waals surface area contributed by atoms with E-state index in [2.05, 4.69) is 165 Å². The van der Waals surface area contributed by atoms with Crippen LogP contribution in [-0.2, 0) is 0 Å². The van der Waals surface area contributed by atoms with Gasteiger partial charge in [0.05, 0.1) is 49.2 Å². The van der Waals surface area contributed by atoms with Crippen LogP contribution in [0.25, 0.3) is 81.1 Å². The molecule has 214 valence electrons. The highest BCUT2D eigenvalue weighted by Gasteiger charge is 2.25. The molecule has 0 spiro atoms. The van der Waals surface area contributed by atoms with Crippen molar-refractivity contribution in [1.82, 2.24) is 13.7 Å².